The normalized spacial score (nSPS) is 10.6. The van der Waals surface area contributed by atoms with Crippen molar-refractivity contribution in [1.82, 2.24) is 10.6 Å². The molecule has 0 saturated carbocycles. The minimum absolute atomic E-state index is 0.980. The van der Waals surface area contributed by atoms with Gasteiger partial charge in [-0.15, -0.1) is 11.8 Å². The molecule has 0 saturated heterocycles. The molecule has 0 atom stereocenters. The Kier molecular flexibility index (Phi) is 7.30. The van der Waals surface area contributed by atoms with Crippen LogP contribution >= 0.6 is 11.8 Å². The van der Waals surface area contributed by atoms with Crippen LogP contribution in [0.15, 0.2) is 29.2 Å². The van der Waals surface area contributed by atoms with E-state index in [-0.39, 0.29) is 0 Å². The molecule has 2 N–H and O–H groups in total. The number of hydrogen-bond acceptors (Lipinski definition) is 3. The van der Waals surface area contributed by atoms with Crippen molar-refractivity contribution in [2.45, 2.75) is 24.3 Å². The molecule has 0 aliphatic carbocycles. The zero-order chi connectivity index (χ0) is 11.6. The van der Waals surface area contributed by atoms with E-state index in [1.807, 2.05) is 7.05 Å². The molecule has 1 rings (SSSR count). The fourth-order valence-corrected chi connectivity index (χ4v) is 1.94. The van der Waals surface area contributed by atoms with Gasteiger partial charge < -0.3 is 10.6 Å². The predicted molar refractivity (Wildman–Crippen MR) is 73.1 cm³/mol. The Bertz CT molecular complexity index is 272. The summed E-state index contributed by atoms with van der Waals surface area (Å²) in [5.41, 5.74) is 1.37. The smallest absolute Gasteiger partial charge is 0.0205 e. The van der Waals surface area contributed by atoms with Gasteiger partial charge in [0.25, 0.3) is 0 Å². The quantitative estimate of drug-likeness (QED) is 0.537. The summed E-state index contributed by atoms with van der Waals surface area (Å²) >= 11 is 1.79. The summed E-state index contributed by atoms with van der Waals surface area (Å²) < 4.78 is 0. The molecule has 0 amide bonds. The largest absolute Gasteiger partial charge is 0.320 e. The molecule has 0 radical (unpaired) electrons. The van der Waals surface area contributed by atoms with E-state index in [4.69, 9.17) is 0 Å². The number of thioether (sulfide) groups is 1. The highest BCUT2D eigenvalue weighted by molar-refractivity contribution is 7.98. The lowest BCUT2D eigenvalue weighted by Crippen LogP contribution is -2.16. The third-order valence-corrected chi connectivity index (χ3v) is 3.26. The van der Waals surface area contributed by atoms with Crippen molar-refractivity contribution >= 4 is 11.8 Å². The van der Waals surface area contributed by atoms with Crippen LogP contribution in [0.5, 0.6) is 0 Å². The van der Waals surface area contributed by atoms with Crippen LogP contribution in [-0.4, -0.2) is 26.4 Å². The van der Waals surface area contributed by atoms with E-state index < -0.39 is 0 Å². The van der Waals surface area contributed by atoms with Gasteiger partial charge in [-0.05, 0) is 56.9 Å². The highest BCUT2D eigenvalue weighted by atomic mass is 32.2. The molecular weight excluding hydrogens is 216 g/mol. The van der Waals surface area contributed by atoms with Crippen LogP contribution in [0.25, 0.3) is 0 Å². The maximum Gasteiger partial charge on any atom is 0.0205 e. The zero-order valence-electron chi connectivity index (χ0n) is 10.3. The Morgan fingerprint density at radius 3 is 2.38 bits per heavy atom. The van der Waals surface area contributed by atoms with Gasteiger partial charge in [-0.3, -0.25) is 0 Å². The first-order valence-corrected chi connectivity index (χ1v) is 7.07. The summed E-state index contributed by atoms with van der Waals surface area (Å²) in [4.78, 5) is 1.33. The molecule has 0 unspecified atom stereocenters. The average molecular weight is 238 g/mol. The average Bonchev–Trinajstić information content (AvgIpc) is 2.34. The third-order valence-electron chi connectivity index (χ3n) is 2.52. The van der Waals surface area contributed by atoms with Crippen LogP contribution in [0.3, 0.4) is 0 Å². The minimum Gasteiger partial charge on any atom is -0.320 e. The van der Waals surface area contributed by atoms with Gasteiger partial charge in [0, 0.05) is 11.4 Å². The van der Waals surface area contributed by atoms with E-state index in [1.165, 1.54) is 23.3 Å². The second kappa shape index (κ2) is 8.62. The van der Waals surface area contributed by atoms with Crippen LogP contribution in [-0.2, 0) is 6.54 Å². The van der Waals surface area contributed by atoms with Crippen molar-refractivity contribution in [2.75, 3.05) is 26.4 Å². The number of benzene rings is 1. The summed E-state index contributed by atoms with van der Waals surface area (Å²) in [6, 6.07) is 8.77. The number of rotatable bonds is 8. The van der Waals surface area contributed by atoms with E-state index in [0.717, 1.165) is 19.6 Å². The summed E-state index contributed by atoms with van der Waals surface area (Å²) in [6.07, 6.45) is 4.59. The zero-order valence-corrected chi connectivity index (χ0v) is 11.1. The SMILES string of the molecule is CNCCCCNCc1ccc(SC)cc1. The summed E-state index contributed by atoms with van der Waals surface area (Å²) in [5, 5.41) is 6.62. The Morgan fingerprint density at radius 1 is 1.06 bits per heavy atom. The van der Waals surface area contributed by atoms with E-state index in [1.54, 1.807) is 11.8 Å². The van der Waals surface area contributed by atoms with E-state index >= 15 is 0 Å². The molecule has 1 aromatic rings. The summed E-state index contributed by atoms with van der Waals surface area (Å²) in [7, 11) is 2.00. The van der Waals surface area contributed by atoms with E-state index in [2.05, 4.69) is 41.2 Å². The lowest BCUT2D eigenvalue weighted by atomic mass is 10.2. The van der Waals surface area contributed by atoms with Gasteiger partial charge in [0.1, 0.15) is 0 Å². The van der Waals surface area contributed by atoms with Gasteiger partial charge in [-0.1, -0.05) is 12.1 Å². The molecule has 0 spiro atoms. The fraction of sp³-hybridized carbons (Fsp3) is 0.538. The Hall–Kier alpha value is -0.510. The molecule has 2 nitrogen and oxygen atoms in total. The predicted octanol–water partition coefficient (Wildman–Crippen LogP) is 2.50. The van der Waals surface area contributed by atoms with Crippen molar-refractivity contribution in [2.24, 2.45) is 0 Å². The van der Waals surface area contributed by atoms with Crippen LogP contribution < -0.4 is 10.6 Å². The number of hydrogen-bond donors (Lipinski definition) is 2. The monoisotopic (exact) mass is 238 g/mol. The van der Waals surface area contributed by atoms with Crippen molar-refractivity contribution in [3.8, 4) is 0 Å². The van der Waals surface area contributed by atoms with Gasteiger partial charge in [0.2, 0.25) is 0 Å². The van der Waals surface area contributed by atoms with Crippen LogP contribution in [0.2, 0.25) is 0 Å². The number of unbranched alkanes of at least 4 members (excludes halogenated alkanes) is 1. The highest BCUT2D eigenvalue weighted by Gasteiger charge is 1.93. The highest BCUT2D eigenvalue weighted by Crippen LogP contribution is 2.14. The molecule has 90 valence electrons. The second-order valence-corrected chi connectivity index (χ2v) is 4.72. The van der Waals surface area contributed by atoms with Crippen LogP contribution in [0.4, 0.5) is 0 Å². The Labute approximate surface area is 103 Å². The molecule has 0 aromatic heterocycles. The van der Waals surface area contributed by atoms with Gasteiger partial charge in [0.05, 0.1) is 0 Å². The second-order valence-electron chi connectivity index (χ2n) is 3.84. The summed E-state index contributed by atoms with van der Waals surface area (Å²) in [6.45, 7) is 3.20. The first kappa shape index (κ1) is 13.6. The van der Waals surface area contributed by atoms with Crippen LogP contribution in [0.1, 0.15) is 18.4 Å². The first-order valence-electron chi connectivity index (χ1n) is 5.85. The maximum absolute atomic E-state index is 3.46. The molecule has 0 fully saturated rings. The first-order chi connectivity index (χ1) is 7.86. The molecular formula is C13H22N2S. The van der Waals surface area contributed by atoms with Gasteiger partial charge >= 0.3 is 0 Å². The topological polar surface area (TPSA) is 24.1 Å². The Morgan fingerprint density at radius 2 is 1.75 bits per heavy atom. The fourth-order valence-electron chi connectivity index (χ4n) is 1.53. The molecule has 1 aromatic carbocycles. The molecule has 0 aliphatic rings. The summed E-state index contributed by atoms with van der Waals surface area (Å²) in [5.74, 6) is 0. The van der Waals surface area contributed by atoms with Crippen LogP contribution in [0, 0.1) is 0 Å². The third kappa shape index (κ3) is 5.54. The standard InChI is InChI=1S/C13H22N2S/c1-14-9-3-4-10-15-11-12-5-7-13(16-2)8-6-12/h5-8,14-15H,3-4,9-11H2,1-2H3. The lowest BCUT2D eigenvalue weighted by Gasteiger charge is -2.05. The van der Waals surface area contributed by atoms with Gasteiger partial charge in [-0.25, -0.2) is 0 Å². The van der Waals surface area contributed by atoms with E-state index in [9.17, 15) is 0 Å². The molecule has 0 aliphatic heterocycles. The lowest BCUT2D eigenvalue weighted by molar-refractivity contribution is 0.605. The van der Waals surface area contributed by atoms with Crippen molar-refractivity contribution in [3.05, 3.63) is 29.8 Å². The maximum atomic E-state index is 3.46. The molecule has 3 heteroatoms. The molecule has 16 heavy (non-hydrogen) atoms. The number of nitrogens with one attached hydrogen (secondary N) is 2. The Balaban J connectivity index is 2.12. The van der Waals surface area contributed by atoms with Crippen molar-refractivity contribution in [3.63, 3.8) is 0 Å². The van der Waals surface area contributed by atoms with Gasteiger partial charge in [0.15, 0.2) is 0 Å². The minimum atomic E-state index is 0.980. The molecule has 0 heterocycles. The van der Waals surface area contributed by atoms with Crippen molar-refractivity contribution < 1.29 is 0 Å². The van der Waals surface area contributed by atoms with Crippen molar-refractivity contribution in [1.29, 1.82) is 0 Å². The van der Waals surface area contributed by atoms with E-state index in [0.29, 0.717) is 0 Å². The molecule has 0 bridgehead atoms. The van der Waals surface area contributed by atoms with Gasteiger partial charge in [-0.2, -0.15) is 0 Å².